The van der Waals surface area contributed by atoms with E-state index in [0.717, 1.165) is 4.57 Å². The number of carbonyl (C=O) groups is 2. The van der Waals surface area contributed by atoms with E-state index < -0.39 is 23.8 Å². The topological polar surface area (TPSA) is 81.8 Å². The summed E-state index contributed by atoms with van der Waals surface area (Å²) in [6, 6.07) is 5.46. The summed E-state index contributed by atoms with van der Waals surface area (Å²) < 4.78 is 10.7. The number of benzene rings is 1. The Balaban J connectivity index is 2.03. The Morgan fingerprint density at radius 1 is 1.33 bits per heavy atom. The van der Waals surface area contributed by atoms with Gasteiger partial charge in [-0.05, 0) is 25.0 Å². The van der Waals surface area contributed by atoms with Gasteiger partial charge in [-0.2, -0.15) is 4.57 Å². The quantitative estimate of drug-likeness (QED) is 0.737. The van der Waals surface area contributed by atoms with Crippen LogP contribution in [0.5, 0.6) is 0 Å². The molecule has 1 unspecified atom stereocenters. The number of fused-ring (bicyclic) bond motifs is 1. The summed E-state index contributed by atoms with van der Waals surface area (Å²) >= 11 is 0. The second kappa shape index (κ2) is 5.08. The Morgan fingerprint density at radius 3 is 2.86 bits per heavy atom. The van der Waals surface area contributed by atoms with Crippen LogP contribution in [0.15, 0.2) is 33.5 Å². The van der Waals surface area contributed by atoms with Crippen LogP contribution in [0.4, 0.5) is 4.79 Å². The average Bonchev–Trinajstić information content (AvgIpc) is 3.09. The third-order valence-electron chi connectivity index (χ3n) is 3.65. The molecule has 0 aliphatic carbocycles. The van der Waals surface area contributed by atoms with E-state index in [1.165, 1.54) is 12.0 Å². The lowest BCUT2D eigenvalue weighted by atomic mass is 10.2. The Labute approximate surface area is 119 Å². The molecule has 1 saturated heterocycles. The second-order valence-corrected chi connectivity index (χ2v) is 4.83. The van der Waals surface area contributed by atoms with Crippen molar-refractivity contribution in [2.24, 2.45) is 0 Å². The van der Waals surface area contributed by atoms with Crippen LogP contribution in [0.2, 0.25) is 0 Å². The number of aromatic nitrogens is 1. The van der Waals surface area contributed by atoms with Crippen molar-refractivity contribution in [1.82, 2.24) is 9.47 Å². The summed E-state index contributed by atoms with van der Waals surface area (Å²) in [5, 5.41) is 0. The van der Waals surface area contributed by atoms with Crippen LogP contribution in [-0.2, 0) is 9.53 Å². The van der Waals surface area contributed by atoms with Crippen molar-refractivity contribution < 1.29 is 18.7 Å². The number of likely N-dealkylation sites (tertiary alicyclic amines) is 1. The van der Waals surface area contributed by atoms with E-state index in [1.807, 2.05) is 0 Å². The fourth-order valence-electron chi connectivity index (χ4n) is 2.65. The summed E-state index contributed by atoms with van der Waals surface area (Å²) in [6.45, 7) is 0.407. The van der Waals surface area contributed by atoms with Crippen molar-refractivity contribution in [1.29, 1.82) is 0 Å². The number of carbonyl (C=O) groups excluding carboxylic acids is 2. The Hall–Kier alpha value is -2.57. The second-order valence-electron chi connectivity index (χ2n) is 4.83. The number of ether oxygens (including phenoxy) is 1. The molecule has 21 heavy (non-hydrogen) atoms. The normalized spacial score (nSPS) is 18.1. The van der Waals surface area contributed by atoms with E-state index in [-0.39, 0.29) is 0 Å². The van der Waals surface area contributed by atoms with E-state index >= 15 is 0 Å². The highest BCUT2D eigenvalue weighted by Crippen LogP contribution is 2.21. The van der Waals surface area contributed by atoms with Crippen molar-refractivity contribution in [2.75, 3.05) is 13.7 Å². The lowest BCUT2D eigenvalue weighted by molar-refractivity contribution is -0.144. The van der Waals surface area contributed by atoms with Crippen LogP contribution < -0.4 is 5.76 Å². The summed E-state index contributed by atoms with van der Waals surface area (Å²) in [6.07, 6.45) is 1.22. The predicted octanol–water partition coefficient (Wildman–Crippen LogP) is 1.20. The zero-order valence-electron chi connectivity index (χ0n) is 11.4. The van der Waals surface area contributed by atoms with Crippen molar-refractivity contribution in [2.45, 2.75) is 18.9 Å². The summed E-state index contributed by atoms with van der Waals surface area (Å²) in [4.78, 5) is 37.6. The largest absolute Gasteiger partial charge is 0.467 e. The molecular weight excluding hydrogens is 276 g/mol. The standard InChI is InChI=1S/C14H14N2O5/c1-20-12(17)10-6-4-8-15(10)13(18)16-9-5-2-3-7-11(9)21-14(16)19/h2-3,5,7,10H,4,6,8H2,1H3. The zero-order valence-corrected chi connectivity index (χ0v) is 11.4. The molecule has 0 bridgehead atoms. The number of hydrogen-bond acceptors (Lipinski definition) is 5. The molecule has 0 radical (unpaired) electrons. The number of esters is 1. The first-order chi connectivity index (χ1) is 10.1. The highest BCUT2D eigenvalue weighted by Gasteiger charge is 2.36. The highest BCUT2D eigenvalue weighted by molar-refractivity contribution is 5.91. The lowest BCUT2D eigenvalue weighted by Crippen LogP contribution is -2.45. The number of nitrogens with zero attached hydrogens (tertiary/aromatic N) is 2. The van der Waals surface area contributed by atoms with Gasteiger partial charge in [-0.25, -0.2) is 14.4 Å². The molecule has 3 rings (SSSR count). The maximum Gasteiger partial charge on any atom is 0.428 e. The van der Waals surface area contributed by atoms with E-state index in [0.29, 0.717) is 30.5 Å². The van der Waals surface area contributed by atoms with Gasteiger partial charge in [-0.3, -0.25) is 0 Å². The number of oxazole rings is 1. The van der Waals surface area contributed by atoms with Crippen molar-refractivity contribution >= 4 is 23.1 Å². The molecule has 1 fully saturated rings. The Morgan fingerprint density at radius 2 is 2.10 bits per heavy atom. The van der Waals surface area contributed by atoms with E-state index in [4.69, 9.17) is 9.15 Å². The molecule has 7 nitrogen and oxygen atoms in total. The number of hydrogen-bond donors (Lipinski definition) is 0. The minimum Gasteiger partial charge on any atom is -0.467 e. The number of amides is 1. The fourth-order valence-corrected chi connectivity index (χ4v) is 2.65. The lowest BCUT2D eigenvalue weighted by Gasteiger charge is -2.22. The fraction of sp³-hybridized carbons (Fsp3) is 0.357. The average molecular weight is 290 g/mol. The Bertz CT molecular complexity index is 760. The van der Waals surface area contributed by atoms with Crippen molar-refractivity contribution in [3.8, 4) is 0 Å². The van der Waals surface area contributed by atoms with Crippen LogP contribution in [0.1, 0.15) is 12.8 Å². The van der Waals surface area contributed by atoms with Crippen molar-refractivity contribution in [3.05, 3.63) is 34.8 Å². The molecule has 1 aliphatic rings. The first kappa shape index (κ1) is 13.4. The van der Waals surface area contributed by atoms with Gasteiger partial charge in [-0.1, -0.05) is 12.1 Å². The molecule has 1 atom stereocenters. The molecule has 1 aliphatic heterocycles. The van der Waals surface area contributed by atoms with E-state index in [1.54, 1.807) is 24.3 Å². The van der Waals surface area contributed by atoms with Gasteiger partial charge in [0.2, 0.25) is 0 Å². The SMILES string of the molecule is COC(=O)C1CCCN1C(=O)n1c(=O)oc2ccccc21. The molecule has 1 aromatic carbocycles. The van der Waals surface area contributed by atoms with Crippen LogP contribution in [0.3, 0.4) is 0 Å². The molecule has 2 aromatic rings. The summed E-state index contributed by atoms with van der Waals surface area (Å²) in [7, 11) is 1.28. The van der Waals surface area contributed by atoms with Crippen LogP contribution in [0.25, 0.3) is 11.1 Å². The van der Waals surface area contributed by atoms with Crippen LogP contribution in [0, 0.1) is 0 Å². The molecule has 110 valence electrons. The highest BCUT2D eigenvalue weighted by atomic mass is 16.5. The van der Waals surface area contributed by atoms with Crippen LogP contribution in [-0.4, -0.2) is 41.2 Å². The number of para-hydroxylation sites is 2. The Kier molecular flexibility index (Phi) is 3.25. The van der Waals surface area contributed by atoms with E-state index in [2.05, 4.69) is 0 Å². The van der Waals surface area contributed by atoms with Gasteiger partial charge >= 0.3 is 17.8 Å². The maximum absolute atomic E-state index is 12.6. The maximum atomic E-state index is 12.6. The number of methoxy groups -OCH3 is 1. The number of rotatable bonds is 1. The minimum atomic E-state index is -0.753. The van der Waals surface area contributed by atoms with Gasteiger partial charge in [0.15, 0.2) is 5.58 Å². The molecule has 0 N–H and O–H groups in total. The molecule has 0 spiro atoms. The van der Waals surface area contributed by atoms with Gasteiger partial charge in [0, 0.05) is 6.54 Å². The third-order valence-corrected chi connectivity index (χ3v) is 3.65. The monoisotopic (exact) mass is 290 g/mol. The van der Waals surface area contributed by atoms with Gasteiger partial charge in [-0.15, -0.1) is 0 Å². The third kappa shape index (κ3) is 2.10. The van der Waals surface area contributed by atoms with Gasteiger partial charge < -0.3 is 14.1 Å². The zero-order chi connectivity index (χ0) is 15.0. The summed E-state index contributed by atoms with van der Waals surface area (Å²) in [5.74, 6) is -1.22. The molecule has 7 heteroatoms. The van der Waals surface area contributed by atoms with Gasteiger partial charge in [0.25, 0.3) is 0 Å². The predicted molar refractivity (Wildman–Crippen MR) is 73.0 cm³/mol. The molecule has 1 aromatic heterocycles. The smallest absolute Gasteiger partial charge is 0.428 e. The first-order valence-electron chi connectivity index (χ1n) is 6.63. The molecule has 2 heterocycles. The van der Waals surface area contributed by atoms with E-state index in [9.17, 15) is 14.4 Å². The van der Waals surface area contributed by atoms with Crippen LogP contribution >= 0.6 is 0 Å². The molecule has 1 amide bonds. The first-order valence-corrected chi connectivity index (χ1v) is 6.63. The summed E-state index contributed by atoms with van der Waals surface area (Å²) in [5.41, 5.74) is 0.729. The van der Waals surface area contributed by atoms with Gasteiger partial charge in [0.05, 0.1) is 12.6 Å². The minimum absolute atomic E-state index is 0.338. The van der Waals surface area contributed by atoms with Crippen molar-refractivity contribution in [3.63, 3.8) is 0 Å². The van der Waals surface area contributed by atoms with Gasteiger partial charge in [0.1, 0.15) is 6.04 Å². The molecule has 0 saturated carbocycles. The molecular formula is C14H14N2O5.